The third-order valence-electron chi connectivity index (χ3n) is 2.53. The lowest BCUT2D eigenvalue weighted by atomic mass is 10.2. The minimum absolute atomic E-state index is 0.0543. The van der Waals surface area contributed by atoms with E-state index in [1.54, 1.807) is 12.1 Å². The van der Waals surface area contributed by atoms with E-state index in [-0.39, 0.29) is 17.2 Å². The van der Waals surface area contributed by atoms with Crippen molar-refractivity contribution in [3.63, 3.8) is 0 Å². The number of nitrogens with two attached hydrogens (primary N) is 1. The molecule has 2 rings (SSSR count). The second-order valence-electron chi connectivity index (χ2n) is 3.92. The maximum absolute atomic E-state index is 11.8. The van der Waals surface area contributed by atoms with Crippen LogP contribution >= 0.6 is 0 Å². The number of nitrogens with one attached hydrogen (secondary N) is 1. The van der Waals surface area contributed by atoms with Gasteiger partial charge in [-0.3, -0.25) is 14.0 Å². The summed E-state index contributed by atoms with van der Waals surface area (Å²) in [5.74, 6) is -0.215. The van der Waals surface area contributed by atoms with Gasteiger partial charge in [-0.1, -0.05) is 6.92 Å². The number of nitrogens with zero attached hydrogens (tertiary/aromatic N) is 2. The van der Waals surface area contributed by atoms with E-state index in [1.807, 2.05) is 6.92 Å². The number of pyridine rings is 1. The number of aromatic nitrogens is 2. The van der Waals surface area contributed by atoms with Gasteiger partial charge < -0.3 is 11.1 Å². The van der Waals surface area contributed by atoms with Gasteiger partial charge in [-0.05, 0) is 18.6 Å². The van der Waals surface area contributed by atoms with E-state index in [0.717, 1.165) is 6.42 Å². The predicted octanol–water partition coefficient (Wildman–Crippen LogP) is 0.416. The van der Waals surface area contributed by atoms with Crippen LogP contribution < -0.4 is 16.6 Å². The van der Waals surface area contributed by atoms with E-state index < -0.39 is 0 Å². The maximum atomic E-state index is 11.8. The number of hydrogen-bond donors (Lipinski definition) is 2. The topological polar surface area (TPSA) is 89.5 Å². The van der Waals surface area contributed by atoms with Gasteiger partial charge in [0.05, 0.1) is 11.8 Å². The molecule has 3 N–H and O–H groups in total. The van der Waals surface area contributed by atoms with Gasteiger partial charge in [0.2, 0.25) is 0 Å². The molecule has 0 atom stereocenters. The number of amides is 1. The summed E-state index contributed by atoms with van der Waals surface area (Å²) in [6.07, 6.45) is 3.62. The third kappa shape index (κ3) is 2.17. The fourth-order valence-corrected chi connectivity index (χ4v) is 1.57. The van der Waals surface area contributed by atoms with Crippen LogP contribution in [0.15, 0.2) is 29.3 Å². The first-order valence-electron chi connectivity index (χ1n) is 5.68. The number of hydrogen-bond acceptors (Lipinski definition) is 4. The van der Waals surface area contributed by atoms with Gasteiger partial charge in [-0.2, -0.15) is 0 Å². The molecule has 94 valence electrons. The van der Waals surface area contributed by atoms with Crippen LogP contribution in [0.5, 0.6) is 0 Å². The maximum Gasteiger partial charge on any atom is 0.281 e. The summed E-state index contributed by atoms with van der Waals surface area (Å²) < 4.78 is 1.27. The fourth-order valence-electron chi connectivity index (χ4n) is 1.57. The second-order valence-corrected chi connectivity index (χ2v) is 3.92. The molecule has 1 amide bonds. The number of carbonyl (C=O) groups is 1. The van der Waals surface area contributed by atoms with Crippen LogP contribution in [0.25, 0.3) is 5.65 Å². The summed E-state index contributed by atoms with van der Waals surface area (Å²) in [5, 5.41) is 2.74. The fraction of sp³-hybridized carbons (Fsp3) is 0.250. The van der Waals surface area contributed by atoms with Gasteiger partial charge in [-0.25, -0.2) is 4.98 Å². The highest BCUT2D eigenvalue weighted by Crippen LogP contribution is 2.03. The molecule has 6 nitrogen and oxygen atoms in total. The van der Waals surface area contributed by atoms with Crippen molar-refractivity contribution in [3.8, 4) is 0 Å². The number of rotatable bonds is 3. The lowest BCUT2D eigenvalue weighted by Crippen LogP contribution is -2.25. The van der Waals surface area contributed by atoms with Gasteiger partial charge in [0.15, 0.2) is 0 Å². The van der Waals surface area contributed by atoms with Crippen molar-refractivity contribution < 1.29 is 4.79 Å². The Kier molecular flexibility index (Phi) is 3.27. The number of anilines is 1. The Balaban J connectivity index is 2.46. The van der Waals surface area contributed by atoms with Crippen molar-refractivity contribution in [3.05, 3.63) is 40.4 Å². The zero-order valence-corrected chi connectivity index (χ0v) is 10.0. The minimum atomic E-state index is -0.370. The molecule has 6 heteroatoms. The Bertz CT molecular complexity index is 648. The SMILES string of the molecule is CCCNC(=O)c1ccc2ncc(N)c(=O)n2c1. The molecular formula is C12H14N4O2. The Labute approximate surface area is 103 Å². The van der Waals surface area contributed by atoms with Gasteiger partial charge in [0.1, 0.15) is 11.3 Å². The number of nitrogen functional groups attached to an aromatic ring is 1. The molecule has 0 aliphatic carbocycles. The van der Waals surface area contributed by atoms with Gasteiger partial charge >= 0.3 is 0 Å². The van der Waals surface area contributed by atoms with Crippen LogP contribution in [-0.4, -0.2) is 21.8 Å². The Hall–Kier alpha value is -2.37. The lowest BCUT2D eigenvalue weighted by Gasteiger charge is -2.06. The van der Waals surface area contributed by atoms with Gasteiger partial charge in [0.25, 0.3) is 11.5 Å². The highest BCUT2D eigenvalue weighted by atomic mass is 16.1. The first-order valence-corrected chi connectivity index (χ1v) is 5.68. The molecule has 2 aromatic heterocycles. The van der Waals surface area contributed by atoms with Crippen LogP contribution in [0.4, 0.5) is 5.69 Å². The summed E-state index contributed by atoms with van der Waals surface area (Å²) in [6, 6.07) is 3.24. The van der Waals surface area contributed by atoms with E-state index in [4.69, 9.17) is 5.73 Å². The molecule has 0 aliphatic heterocycles. The van der Waals surface area contributed by atoms with Crippen LogP contribution in [0.2, 0.25) is 0 Å². The number of fused-ring (bicyclic) bond motifs is 1. The van der Waals surface area contributed by atoms with E-state index >= 15 is 0 Å². The molecule has 0 aliphatic rings. The zero-order valence-electron chi connectivity index (χ0n) is 10.0. The normalized spacial score (nSPS) is 10.5. The van der Waals surface area contributed by atoms with Crippen molar-refractivity contribution in [2.75, 3.05) is 12.3 Å². The standard InChI is InChI=1S/C12H14N4O2/c1-2-5-14-11(17)8-3-4-10-15-6-9(13)12(18)16(10)7-8/h3-4,6-7H,2,5,13H2,1H3,(H,14,17). The number of carbonyl (C=O) groups excluding carboxylic acids is 1. The minimum Gasteiger partial charge on any atom is -0.393 e. The molecular weight excluding hydrogens is 232 g/mol. The molecule has 0 saturated carbocycles. The van der Waals surface area contributed by atoms with E-state index in [2.05, 4.69) is 10.3 Å². The van der Waals surface area contributed by atoms with Crippen LogP contribution in [0.1, 0.15) is 23.7 Å². The van der Waals surface area contributed by atoms with Crippen molar-refractivity contribution >= 4 is 17.2 Å². The third-order valence-corrected chi connectivity index (χ3v) is 2.53. The molecule has 0 spiro atoms. The first kappa shape index (κ1) is 12.1. The van der Waals surface area contributed by atoms with Crippen molar-refractivity contribution in [2.24, 2.45) is 0 Å². The summed E-state index contributed by atoms with van der Waals surface area (Å²) in [5.41, 5.74) is 6.05. The second kappa shape index (κ2) is 4.87. The molecule has 0 aromatic carbocycles. The first-order chi connectivity index (χ1) is 8.63. The average Bonchev–Trinajstić information content (AvgIpc) is 2.40. The highest BCUT2D eigenvalue weighted by molar-refractivity contribution is 5.94. The van der Waals surface area contributed by atoms with E-state index in [0.29, 0.717) is 17.8 Å². The smallest absolute Gasteiger partial charge is 0.281 e. The van der Waals surface area contributed by atoms with Crippen molar-refractivity contribution in [2.45, 2.75) is 13.3 Å². The summed E-state index contributed by atoms with van der Waals surface area (Å²) in [4.78, 5) is 27.6. The lowest BCUT2D eigenvalue weighted by molar-refractivity contribution is 0.0953. The highest BCUT2D eigenvalue weighted by Gasteiger charge is 2.07. The Morgan fingerprint density at radius 2 is 2.28 bits per heavy atom. The molecule has 18 heavy (non-hydrogen) atoms. The van der Waals surface area contributed by atoms with Crippen LogP contribution in [-0.2, 0) is 0 Å². The van der Waals surface area contributed by atoms with Gasteiger partial charge in [0, 0.05) is 12.7 Å². The molecule has 0 bridgehead atoms. The molecule has 0 unspecified atom stereocenters. The average molecular weight is 246 g/mol. The molecule has 0 radical (unpaired) electrons. The molecule has 2 aromatic rings. The summed E-state index contributed by atoms with van der Waals surface area (Å²) in [6.45, 7) is 2.57. The van der Waals surface area contributed by atoms with E-state index in [9.17, 15) is 9.59 Å². The van der Waals surface area contributed by atoms with Crippen molar-refractivity contribution in [1.29, 1.82) is 0 Å². The predicted molar refractivity (Wildman–Crippen MR) is 68.5 cm³/mol. The van der Waals surface area contributed by atoms with Gasteiger partial charge in [-0.15, -0.1) is 0 Å². The Morgan fingerprint density at radius 1 is 1.50 bits per heavy atom. The van der Waals surface area contributed by atoms with E-state index in [1.165, 1.54) is 16.8 Å². The molecule has 2 heterocycles. The summed E-state index contributed by atoms with van der Waals surface area (Å²) >= 11 is 0. The van der Waals surface area contributed by atoms with Crippen LogP contribution in [0.3, 0.4) is 0 Å². The van der Waals surface area contributed by atoms with Crippen LogP contribution in [0, 0.1) is 0 Å². The summed E-state index contributed by atoms with van der Waals surface area (Å²) in [7, 11) is 0. The Morgan fingerprint density at radius 3 is 3.00 bits per heavy atom. The largest absolute Gasteiger partial charge is 0.393 e. The molecule has 0 fully saturated rings. The monoisotopic (exact) mass is 246 g/mol. The quantitative estimate of drug-likeness (QED) is 0.821. The zero-order chi connectivity index (χ0) is 13.1. The van der Waals surface area contributed by atoms with Crippen molar-refractivity contribution in [1.82, 2.24) is 14.7 Å². The molecule has 0 saturated heterocycles.